The normalized spacial score (nSPS) is 19.8. The number of nitrogens with two attached hydrogens (primary N) is 1. The molecule has 1 rings (SSSR count). The van der Waals surface area contributed by atoms with E-state index in [9.17, 15) is 0 Å². The average Bonchev–Trinajstić information content (AvgIpc) is 2.38. The molecule has 1 aliphatic rings. The van der Waals surface area contributed by atoms with E-state index in [1.54, 1.807) is 0 Å². The predicted molar refractivity (Wildman–Crippen MR) is 71.3 cm³/mol. The van der Waals surface area contributed by atoms with Crippen molar-refractivity contribution in [1.29, 1.82) is 0 Å². The van der Waals surface area contributed by atoms with E-state index in [-0.39, 0.29) is 0 Å². The third kappa shape index (κ3) is 4.52. The molecule has 0 bridgehead atoms. The Kier molecular flexibility index (Phi) is 6.29. The van der Waals surface area contributed by atoms with Crippen LogP contribution in [-0.2, 0) is 4.74 Å². The Hall–Kier alpha value is -0.810. The van der Waals surface area contributed by atoms with Crippen LogP contribution >= 0.6 is 0 Å². The van der Waals surface area contributed by atoms with Crippen LogP contribution in [-0.4, -0.2) is 67.7 Å². The minimum Gasteiger partial charge on any atom is -0.378 e. The molecule has 2 N–H and O–H groups in total. The first-order valence-electron chi connectivity index (χ1n) is 6.55. The number of morpholine rings is 1. The Morgan fingerprint density at radius 1 is 1.35 bits per heavy atom. The van der Waals surface area contributed by atoms with E-state index in [2.05, 4.69) is 35.6 Å². The zero-order valence-electron chi connectivity index (χ0n) is 11.4. The molecular weight excluding hydrogens is 216 g/mol. The van der Waals surface area contributed by atoms with E-state index < -0.39 is 0 Å². The van der Waals surface area contributed by atoms with E-state index in [0.717, 1.165) is 45.9 Å². The maximum atomic E-state index is 5.98. The first kappa shape index (κ1) is 14.3. The third-order valence-corrected chi connectivity index (χ3v) is 3.29. The molecule has 0 aliphatic carbocycles. The van der Waals surface area contributed by atoms with Gasteiger partial charge in [-0.2, -0.15) is 0 Å². The molecule has 100 valence electrons. The highest BCUT2D eigenvalue weighted by Crippen LogP contribution is 2.00. The monoisotopic (exact) mass is 242 g/mol. The van der Waals surface area contributed by atoms with Gasteiger partial charge in [0.2, 0.25) is 0 Å². The van der Waals surface area contributed by atoms with E-state index in [4.69, 9.17) is 10.5 Å². The fourth-order valence-electron chi connectivity index (χ4n) is 2.08. The van der Waals surface area contributed by atoms with Crippen LogP contribution in [0.1, 0.15) is 20.8 Å². The van der Waals surface area contributed by atoms with E-state index in [1.165, 1.54) is 0 Å². The summed E-state index contributed by atoms with van der Waals surface area (Å²) >= 11 is 0. The summed E-state index contributed by atoms with van der Waals surface area (Å²) in [6, 6.07) is 0.449. The second-order valence-corrected chi connectivity index (χ2v) is 4.37. The van der Waals surface area contributed by atoms with Gasteiger partial charge in [0.25, 0.3) is 0 Å². The highest BCUT2D eigenvalue weighted by Gasteiger charge is 2.13. The first-order chi connectivity index (χ1) is 8.19. The molecule has 0 aromatic heterocycles. The number of hydrogen-bond acceptors (Lipinski definition) is 3. The van der Waals surface area contributed by atoms with Crippen LogP contribution in [0.2, 0.25) is 0 Å². The van der Waals surface area contributed by atoms with Gasteiger partial charge in [0.15, 0.2) is 5.96 Å². The van der Waals surface area contributed by atoms with Gasteiger partial charge in [0.1, 0.15) is 0 Å². The predicted octanol–water partition coefficient (Wildman–Crippen LogP) is 0.364. The Morgan fingerprint density at radius 3 is 2.47 bits per heavy atom. The van der Waals surface area contributed by atoms with E-state index in [0.29, 0.717) is 12.0 Å². The number of ether oxygens (including phenoxy) is 1. The Labute approximate surface area is 105 Å². The minimum absolute atomic E-state index is 0.449. The lowest BCUT2D eigenvalue weighted by Crippen LogP contribution is -2.45. The van der Waals surface area contributed by atoms with Gasteiger partial charge in [-0.05, 0) is 20.0 Å². The van der Waals surface area contributed by atoms with Crippen LogP contribution in [0.4, 0.5) is 0 Å². The summed E-state index contributed by atoms with van der Waals surface area (Å²) in [5, 5.41) is 0. The second-order valence-electron chi connectivity index (χ2n) is 4.37. The van der Waals surface area contributed by atoms with E-state index >= 15 is 0 Å². The molecule has 1 atom stereocenters. The lowest BCUT2D eigenvalue weighted by molar-refractivity contribution is 0.0673. The third-order valence-electron chi connectivity index (χ3n) is 3.29. The number of likely N-dealkylation sites (N-methyl/N-ethyl adjacent to an activating group) is 1. The standard InChI is InChI=1S/C12H26N4O/c1-4-15(5-2)11(3)10-14-12(13)16-6-8-17-9-7-16/h11H,4-10H2,1-3H3,(H2,13,14). The molecule has 1 fully saturated rings. The summed E-state index contributed by atoms with van der Waals surface area (Å²) in [6.45, 7) is 12.7. The Balaban J connectivity index is 2.40. The van der Waals surface area contributed by atoms with E-state index in [1.807, 2.05) is 0 Å². The SMILES string of the molecule is CCN(CC)C(C)CN=C(N)N1CCOCC1. The van der Waals surface area contributed by atoms with Crippen molar-refractivity contribution in [1.82, 2.24) is 9.80 Å². The van der Waals surface area contributed by atoms with Crippen molar-refractivity contribution in [3.05, 3.63) is 0 Å². The van der Waals surface area contributed by atoms with Crippen molar-refractivity contribution < 1.29 is 4.74 Å². The lowest BCUT2D eigenvalue weighted by Gasteiger charge is -2.29. The number of hydrogen-bond donors (Lipinski definition) is 1. The summed E-state index contributed by atoms with van der Waals surface area (Å²) in [5.74, 6) is 0.660. The fraction of sp³-hybridized carbons (Fsp3) is 0.917. The van der Waals surface area contributed by atoms with Crippen molar-refractivity contribution in [2.75, 3.05) is 45.9 Å². The second kappa shape index (κ2) is 7.50. The molecule has 1 unspecified atom stereocenters. The topological polar surface area (TPSA) is 54.1 Å². The van der Waals surface area contributed by atoms with Gasteiger partial charge in [-0.15, -0.1) is 0 Å². The minimum atomic E-state index is 0.449. The molecule has 5 nitrogen and oxygen atoms in total. The first-order valence-corrected chi connectivity index (χ1v) is 6.55. The average molecular weight is 242 g/mol. The Morgan fingerprint density at radius 2 is 1.94 bits per heavy atom. The number of rotatable bonds is 5. The highest BCUT2D eigenvalue weighted by atomic mass is 16.5. The number of nitrogens with zero attached hydrogens (tertiary/aromatic N) is 3. The summed E-state index contributed by atoms with van der Waals surface area (Å²) < 4.78 is 5.29. The largest absolute Gasteiger partial charge is 0.378 e. The van der Waals surface area contributed by atoms with Crippen molar-refractivity contribution in [2.45, 2.75) is 26.8 Å². The fourth-order valence-corrected chi connectivity index (χ4v) is 2.08. The van der Waals surface area contributed by atoms with Gasteiger partial charge in [-0.25, -0.2) is 0 Å². The van der Waals surface area contributed by atoms with Crippen molar-refractivity contribution in [3.8, 4) is 0 Å². The summed E-state index contributed by atoms with van der Waals surface area (Å²) in [6.07, 6.45) is 0. The quantitative estimate of drug-likeness (QED) is 0.559. The zero-order chi connectivity index (χ0) is 12.7. The smallest absolute Gasteiger partial charge is 0.191 e. The van der Waals surface area contributed by atoms with Gasteiger partial charge < -0.3 is 15.4 Å². The number of guanidine groups is 1. The van der Waals surface area contributed by atoms with Gasteiger partial charge in [-0.3, -0.25) is 9.89 Å². The summed E-state index contributed by atoms with van der Waals surface area (Å²) in [7, 11) is 0. The molecule has 0 radical (unpaired) electrons. The highest BCUT2D eigenvalue weighted by molar-refractivity contribution is 5.78. The molecule has 0 amide bonds. The van der Waals surface area contributed by atoms with Gasteiger partial charge >= 0.3 is 0 Å². The van der Waals surface area contributed by atoms with Crippen LogP contribution in [0.15, 0.2) is 4.99 Å². The van der Waals surface area contributed by atoms with Crippen LogP contribution in [0.5, 0.6) is 0 Å². The van der Waals surface area contributed by atoms with Crippen LogP contribution in [0, 0.1) is 0 Å². The zero-order valence-corrected chi connectivity index (χ0v) is 11.4. The van der Waals surface area contributed by atoms with Crippen LogP contribution in [0.3, 0.4) is 0 Å². The van der Waals surface area contributed by atoms with Crippen LogP contribution < -0.4 is 5.73 Å². The summed E-state index contributed by atoms with van der Waals surface area (Å²) in [4.78, 5) is 8.97. The Bertz CT molecular complexity index is 235. The number of aliphatic imine (C=N–C) groups is 1. The van der Waals surface area contributed by atoms with Crippen molar-refractivity contribution in [2.24, 2.45) is 10.7 Å². The van der Waals surface area contributed by atoms with Gasteiger partial charge in [-0.1, -0.05) is 13.8 Å². The maximum Gasteiger partial charge on any atom is 0.191 e. The molecule has 5 heteroatoms. The lowest BCUT2D eigenvalue weighted by atomic mass is 10.3. The summed E-state index contributed by atoms with van der Waals surface area (Å²) in [5.41, 5.74) is 5.98. The van der Waals surface area contributed by atoms with Gasteiger partial charge in [0, 0.05) is 19.1 Å². The van der Waals surface area contributed by atoms with Gasteiger partial charge in [0.05, 0.1) is 19.8 Å². The van der Waals surface area contributed by atoms with Crippen molar-refractivity contribution in [3.63, 3.8) is 0 Å². The molecule has 1 heterocycles. The molecule has 17 heavy (non-hydrogen) atoms. The molecular formula is C12H26N4O. The molecule has 0 aromatic carbocycles. The van der Waals surface area contributed by atoms with Crippen molar-refractivity contribution >= 4 is 5.96 Å². The molecule has 0 aromatic rings. The molecule has 0 saturated carbocycles. The molecule has 0 spiro atoms. The molecule has 1 saturated heterocycles. The maximum absolute atomic E-state index is 5.98. The van der Waals surface area contributed by atoms with Crippen LogP contribution in [0.25, 0.3) is 0 Å². The molecule has 1 aliphatic heterocycles.